The normalized spacial score (nSPS) is 20.1. The quantitative estimate of drug-likeness (QED) is 0.880. The van der Waals surface area contributed by atoms with Gasteiger partial charge in [-0.1, -0.05) is 54.1 Å². The fourth-order valence-corrected chi connectivity index (χ4v) is 3.45. The molecule has 0 aliphatic carbocycles. The third kappa shape index (κ3) is 3.94. The van der Waals surface area contributed by atoms with Crippen molar-refractivity contribution in [3.8, 4) is 0 Å². The van der Waals surface area contributed by atoms with Gasteiger partial charge in [0.25, 0.3) is 5.91 Å². The molecule has 0 radical (unpaired) electrons. The number of hydrogen-bond acceptors (Lipinski definition) is 2. The minimum atomic E-state index is -0.934. The molecule has 3 rings (SSSR count). The molecule has 1 saturated heterocycles. The summed E-state index contributed by atoms with van der Waals surface area (Å²) in [7, 11) is 0. The number of carbonyl (C=O) groups excluding carboxylic acids is 1. The molecule has 5 nitrogen and oxygen atoms in total. The van der Waals surface area contributed by atoms with Gasteiger partial charge in [-0.25, -0.2) is 4.79 Å². The summed E-state index contributed by atoms with van der Waals surface area (Å²) in [6.07, 6.45) is -0.376. The molecule has 130 valence electrons. The number of likely N-dealkylation sites (tertiary alicyclic amines) is 1. The lowest BCUT2D eigenvalue weighted by Gasteiger charge is -2.38. The van der Waals surface area contributed by atoms with E-state index in [2.05, 4.69) is 5.32 Å². The number of benzene rings is 2. The average molecular weight is 359 g/mol. The Bertz CT molecular complexity index is 766. The van der Waals surface area contributed by atoms with Crippen molar-refractivity contribution in [2.24, 2.45) is 0 Å². The van der Waals surface area contributed by atoms with Gasteiger partial charge in [-0.15, -0.1) is 0 Å². The zero-order valence-electron chi connectivity index (χ0n) is 13.6. The zero-order valence-corrected chi connectivity index (χ0v) is 14.3. The molecule has 1 aliphatic heterocycles. The van der Waals surface area contributed by atoms with Crippen molar-refractivity contribution >= 4 is 23.6 Å². The Morgan fingerprint density at radius 2 is 1.76 bits per heavy atom. The van der Waals surface area contributed by atoms with Crippen molar-refractivity contribution in [3.63, 3.8) is 0 Å². The second-order valence-electron chi connectivity index (χ2n) is 6.09. The second-order valence-corrected chi connectivity index (χ2v) is 6.50. The van der Waals surface area contributed by atoms with E-state index in [1.807, 2.05) is 30.3 Å². The molecule has 0 bridgehead atoms. The number of nitrogens with zero attached hydrogens (tertiary/aromatic N) is 1. The molecule has 0 saturated carbocycles. The van der Waals surface area contributed by atoms with E-state index < -0.39 is 6.09 Å². The number of hydrogen-bond donors (Lipinski definition) is 2. The van der Waals surface area contributed by atoms with Crippen molar-refractivity contribution in [2.75, 3.05) is 13.1 Å². The van der Waals surface area contributed by atoms with E-state index in [4.69, 9.17) is 11.6 Å². The SMILES string of the molecule is O=C(N[C@H]1CCN(C(=O)O)C[C@@H]1c1ccccc1)c1ccccc1Cl. The summed E-state index contributed by atoms with van der Waals surface area (Å²) in [5.74, 6) is -0.335. The maximum Gasteiger partial charge on any atom is 0.407 e. The Morgan fingerprint density at radius 1 is 1.08 bits per heavy atom. The predicted octanol–water partition coefficient (Wildman–Crippen LogP) is 3.61. The number of carboxylic acid groups (broad SMARTS) is 1. The van der Waals surface area contributed by atoms with E-state index in [-0.39, 0.29) is 17.9 Å². The van der Waals surface area contributed by atoms with E-state index in [1.165, 1.54) is 4.90 Å². The fourth-order valence-electron chi connectivity index (χ4n) is 3.23. The Hall–Kier alpha value is -2.53. The number of piperidine rings is 1. The van der Waals surface area contributed by atoms with E-state index in [0.717, 1.165) is 5.56 Å². The molecule has 2 aromatic carbocycles. The Morgan fingerprint density at radius 3 is 2.44 bits per heavy atom. The maximum atomic E-state index is 12.6. The topological polar surface area (TPSA) is 69.6 Å². The first kappa shape index (κ1) is 17.3. The molecule has 0 unspecified atom stereocenters. The zero-order chi connectivity index (χ0) is 17.8. The van der Waals surface area contributed by atoms with Gasteiger partial charge in [-0.2, -0.15) is 0 Å². The summed E-state index contributed by atoms with van der Waals surface area (Å²) >= 11 is 6.11. The minimum absolute atomic E-state index is 0.0995. The lowest BCUT2D eigenvalue weighted by atomic mass is 9.86. The number of nitrogens with one attached hydrogen (secondary N) is 1. The molecular formula is C19H19ClN2O3. The number of carbonyl (C=O) groups is 2. The summed E-state index contributed by atoms with van der Waals surface area (Å²) in [5.41, 5.74) is 1.44. The summed E-state index contributed by atoms with van der Waals surface area (Å²) in [5, 5.41) is 12.7. The molecule has 0 spiro atoms. The Kier molecular flexibility index (Phi) is 5.24. The van der Waals surface area contributed by atoms with Crippen LogP contribution in [0.5, 0.6) is 0 Å². The van der Waals surface area contributed by atoms with E-state index in [1.54, 1.807) is 24.3 Å². The third-order valence-electron chi connectivity index (χ3n) is 4.55. The molecule has 1 heterocycles. The van der Waals surface area contributed by atoms with Crippen LogP contribution < -0.4 is 5.32 Å². The first-order chi connectivity index (χ1) is 12.1. The smallest absolute Gasteiger partial charge is 0.407 e. The lowest BCUT2D eigenvalue weighted by Crippen LogP contribution is -2.51. The van der Waals surface area contributed by atoms with Crippen LogP contribution in [0.25, 0.3) is 0 Å². The molecule has 2 atom stereocenters. The maximum absolute atomic E-state index is 12.6. The van der Waals surface area contributed by atoms with Gasteiger partial charge < -0.3 is 15.3 Å². The lowest BCUT2D eigenvalue weighted by molar-refractivity contribution is 0.0888. The van der Waals surface area contributed by atoms with Gasteiger partial charge in [0.05, 0.1) is 10.6 Å². The van der Waals surface area contributed by atoms with Crippen molar-refractivity contribution in [3.05, 3.63) is 70.7 Å². The minimum Gasteiger partial charge on any atom is -0.465 e. The van der Waals surface area contributed by atoms with Crippen LogP contribution in [-0.2, 0) is 0 Å². The van der Waals surface area contributed by atoms with Crippen molar-refractivity contribution in [1.29, 1.82) is 0 Å². The number of amides is 2. The van der Waals surface area contributed by atoms with Crippen molar-refractivity contribution < 1.29 is 14.7 Å². The van der Waals surface area contributed by atoms with Crippen LogP contribution in [0.4, 0.5) is 4.79 Å². The first-order valence-corrected chi connectivity index (χ1v) is 8.52. The van der Waals surface area contributed by atoms with Crippen molar-refractivity contribution in [1.82, 2.24) is 10.2 Å². The van der Waals surface area contributed by atoms with Gasteiger partial charge in [-0.3, -0.25) is 4.79 Å². The summed E-state index contributed by atoms with van der Waals surface area (Å²) in [6, 6.07) is 16.4. The summed E-state index contributed by atoms with van der Waals surface area (Å²) in [4.78, 5) is 25.3. The molecule has 25 heavy (non-hydrogen) atoms. The van der Waals surface area contributed by atoms with Crippen LogP contribution in [0.2, 0.25) is 5.02 Å². The molecule has 0 aromatic heterocycles. The highest BCUT2D eigenvalue weighted by Gasteiger charge is 2.33. The standard InChI is InChI=1S/C19H19ClN2O3/c20-16-9-5-4-8-14(16)18(23)21-17-10-11-22(19(24)25)12-15(17)13-6-2-1-3-7-13/h1-9,15,17H,10-12H2,(H,21,23)(H,24,25)/t15-,17+/m1/s1. The Balaban J connectivity index is 1.82. The fraction of sp³-hybridized carbons (Fsp3) is 0.263. The molecule has 1 aliphatic rings. The first-order valence-electron chi connectivity index (χ1n) is 8.14. The number of halogens is 1. The van der Waals surface area contributed by atoms with E-state index in [0.29, 0.717) is 30.1 Å². The monoisotopic (exact) mass is 358 g/mol. The predicted molar refractivity (Wildman–Crippen MR) is 96.1 cm³/mol. The van der Waals surface area contributed by atoms with Gasteiger partial charge in [0, 0.05) is 25.0 Å². The van der Waals surface area contributed by atoms with Gasteiger partial charge in [-0.05, 0) is 24.1 Å². The van der Waals surface area contributed by atoms with Crippen LogP contribution in [0.3, 0.4) is 0 Å². The van der Waals surface area contributed by atoms with Crippen LogP contribution in [0.15, 0.2) is 54.6 Å². The van der Waals surface area contributed by atoms with Gasteiger partial charge in [0.1, 0.15) is 0 Å². The summed E-state index contributed by atoms with van der Waals surface area (Å²) < 4.78 is 0. The van der Waals surface area contributed by atoms with Crippen LogP contribution in [0, 0.1) is 0 Å². The van der Waals surface area contributed by atoms with Gasteiger partial charge in [0.15, 0.2) is 0 Å². The molecule has 2 aromatic rings. The Labute approximate surface area is 151 Å². The molecule has 6 heteroatoms. The van der Waals surface area contributed by atoms with Crippen LogP contribution in [0.1, 0.15) is 28.3 Å². The average Bonchev–Trinajstić information content (AvgIpc) is 2.63. The van der Waals surface area contributed by atoms with Gasteiger partial charge in [0.2, 0.25) is 0 Å². The third-order valence-corrected chi connectivity index (χ3v) is 4.88. The molecule has 2 amide bonds. The van der Waals surface area contributed by atoms with E-state index >= 15 is 0 Å². The largest absolute Gasteiger partial charge is 0.465 e. The highest BCUT2D eigenvalue weighted by molar-refractivity contribution is 6.33. The summed E-state index contributed by atoms with van der Waals surface area (Å²) in [6.45, 7) is 0.749. The highest BCUT2D eigenvalue weighted by Crippen LogP contribution is 2.28. The van der Waals surface area contributed by atoms with E-state index in [9.17, 15) is 14.7 Å². The molecule has 1 fully saturated rings. The van der Waals surface area contributed by atoms with Crippen LogP contribution in [-0.4, -0.2) is 41.1 Å². The van der Waals surface area contributed by atoms with Crippen molar-refractivity contribution in [2.45, 2.75) is 18.4 Å². The number of rotatable bonds is 3. The highest BCUT2D eigenvalue weighted by atomic mass is 35.5. The second kappa shape index (κ2) is 7.57. The molecular weight excluding hydrogens is 340 g/mol. The van der Waals surface area contributed by atoms with Gasteiger partial charge >= 0.3 is 6.09 Å². The molecule has 2 N–H and O–H groups in total. The van der Waals surface area contributed by atoms with Crippen LogP contribution >= 0.6 is 11.6 Å².